The van der Waals surface area contributed by atoms with Gasteiger partial charge in [-0.05, 0) is 66.4 Å². The Labute approximate surface area is 259 Å². The molecule has 3 heterocycles. The van der Waals surface area contributed by atoms with E-state index < -0.39 is 76.5 Å². The number of nitriles is 1. The summed E-state index contributed by atoms with van der Waals surface area (Å²) >= 11 is 0. The molecule has 240 valence electrons. The zero-order valence-corrected chi connectivity index (χ0v) is 25.6. The minimum absolute atomic E-state index is 0.0332. The average Bonchev–Trinajstić information content (AvgIpc) is 3.25. The van der Waals surface area contributed by atoms with Crippen LogP contribution in [0.5, 0.6) is 0 Å². The van der Waals surface area contributed by atoms with Crippen molar-refractivity contribution in [1.82, 2.24) is 15.1 Å². The molecule has 2 bridgehead atoms. The zero-order chi connectivity index (χ0) is 32.2. The topological polar surface area (TPSA) is 123 Å². The van der Waals surface area contributed by atoms with Crippen LogP contribution in [0.4, 0.5) is 18.9 Å². The number of nitrogens with one attached hydrogen (secondary N) is 2. The molecule has 0 aromatic heterocycles. The fourth-order valence-electron chi connectivity index (χ4n) is 9.08. The zero-order valence-electron chi connectivity index (χ0n) is 25.6. The van der Waals surface area contributed by atoms with Crippen LogP contribution in [0.3, 0.4) is 0 Å². The minimum atomic E-state index is -3.62. The Kier molecular flexibility index (Phi) is 6.64. The van der Waals surface area contributed by atoms with Gasteiger partial charge in [0, 0.05) is 31.1 Å². The molecule has 45 heavy (non-hydrogen) atoms. The molecule has 0 radical (unpaired) electrons. The van der Waals surface area contributed by atoms with Gasteiger partial charge in [-0.3, -0.25) is 19.2 Å². The van der Waals surface area contributed by atoms with E-state index in [4.69, 9.17) is 0 Å². The van der Waals surface area contributed by atoms with Crippen molar-refractivity contribution >= 4 is 29.3 Å². The number of likely N-dealkylation sites (tertiary alicyclic amines) is 2. The summed E-state index contributed by atoms with van der Waals surface area (Å²) in [7, 11) is 0. The maximum Gasteiger partial charge on any atom is 0.327 e. The Hall–Kier alpha value is -3.62. The van der Waals surface area contributed by atoms with Crippen LogP contribution in [0.15, 0.2) is 24.3 Å². The van der Waals surface area contributed by atoms with Crippen molar-refractivity contribution in [2.45, 2.75) is 88.5 Å². The van der Waals surface area contributed by atoms with E-state index in [1.165, 1.54) is 9.80 Å². The minimum Gasteiger partial charge on any atom is -0.339 e. The molecule has 3 aliphatic heterocycles. The second kappa shape index (κ2) is 9.94. The first-order valence-electron chi connectivity index (χ1n) is 15.9. The second-order valence-electron chi connectivity index (χ2n) is 15.2. The van der Waals surface area contributed by atoms with E-state index in [0.29, 0.717) is 24.1 Å². The highest BCUT2D eigenvalue weighted by Crippen LogP contribution is 2.59. The van der Waals surface area contributed by atoms with Crippen LogP contribution in [-0.2, 0) is 24.6 Å². The number of alkyl halides is 3. The highest BCUT2D eigenvalue weighted by atomic mass is 19.3. The van der Waals surface area contributed by atoms with Gasteiger partial charge in [0.1, 0.15) is 24.3 Å². The number of rotatable bonds is 5. The summed E-state index contributed by atoms with van der Waals surface area (Å²) in [5.41, 5.74) is -0.824. The lowest BCUT2D eigenvalue weighted by molar-refractivity contribution is -0.155. The molecule has 3 saturated carbocycles. The normalized spacial score (nSPS) is 35.7. The van der Waals surface area contributed by atoms with Gasteiger partial charge >= 0.3 is 5.92 Å². The van der Waals surface area contributed by atoms with E-state index in [1.807, 2.05) is 0 Å². The van der Waals surface area contributed by atoms with Crippen molar-refractivity contribution in [3.05, 3.63) is 29.8 Å². The number of nitrogens with zero attached hydrogens (tertiary/aromatic N) is 3. The van der Waals surface area contributed by atoms with Crippen molar-refractivity contribution in [3.8, 4) is 6.07 Å². The van der Waals surface area contributed by atoms with Gasteiger partial charge in [-0.15, -0.1) is 0 Å². The number of para-hydroxylation sites is 1. The Balaban J connectivity index is 1.23. The fourth-order valence-corrected chi connectivity index (χ4v) is 9.08. The lowest BCUT2D eigenvalue weighted by atomic mass is 9.77. The number of hydrogen-bond donors (Lipinski definition) is 2. The predicted octanol–water partition coefficient (Wildman–Crippen LogP) is 3.40. The Morgan fingerprint density at radius 2 is 1.82 bits per heavy atom. The molecule has 1 spiro atoms. The van der Waals surface area contributed by atoms with Gasteiger partial charge in [0.15, 0.2) is 0 Å². The lowest BCUT2D eigenvalue weighted by Crippen LogP contribution is -2.61. The molecule has 7 rings (SSSR count). The summed E-state index contributed by atoms with van der Waals surface area (Å²) in [6.45, 7) is 5.03. The summed E-state index contributed by atoms with van der Waals surface area (Å²) < 4.78 is 44.9. The number of halogens is 3. The smallest absolute Gasteiger partial charge is 0.327 e. The lowest BCUT2D eigenvalue weighted by Gasteiger charge is -2.39. The second-order valence-corrected chi connectivity index (χ2v) is 15.2. The third-order valence-electron chi connectivity index (χ3n) is 11.5. The third-order valence-corrected chi connectivity index (χ3v) is 11.5. The standard InChI is InChI=1S/C33H38F3N5O4/c1-31(2,3)26(39-30(45)33(35,36)17-8-9-17)28(43)40-14-20-16-10-19(22(34)11-16)24(20)25(40)27(42)41-15-32(12-18(41)13-37)21-6-4-5-7-23(21)38-29(32)44/h4-7,16-20,22,24-26H,8-12,14-15H2,1-3H3,(H,38,44)(H,39,45). The van der Waals surface area contributed by atoms with E-state index in [9.17, 15) is 33.2 Å². The largest absolute Gasteiger partial charge is 0.339 e. The average molecular weight is 626 g/mol. The van der Waals surface area contributed by atoms with Crippen LogP contribution in [-0.4, -0.2) is 76.7 Å². The van der Waals surface area contributed by atoms with Crippen LogP contribution < -0.4 is 10.6 Å². The number of benzene rings is 1. The first-order chi connectivity index (χ1) is 21.2. The van der Waals surface area contributed by atoms with Crippen LogP contribution in [0.25, 0.3) is 0 Å². The predicted molar refractivity (Wildman–Crippen MR) is 155 cm³/mol. The van der Waals surface area contributed by atoms with Gasteiger partial charge in [0.2, 0.25) is 17.7 Å². The number of fused-ring (bicyclic) bond motifs is 7. The number of carbonyl (C=O) groups is 4. The van der Waals surface area contributed by atoms with E-state index in [-0.39, 0.29) is 50.1 Å². The third kappa shape index (κ3) is 4.39. The molecular weight excluding hydrogens is 587 g/mol. The molecule has 6 aliphatic rings. The van der Waals surface area contributed by atoms with Crippen molar-refractivity contribution in [2.24, 2.45) is 35.0 Å². The molecule has 12 heteroatoms. The molecule has 9 unspecified atom stereocenters. The molecule has 1 aromatic carbocycles. The molecule has 2 N–H and O–H groups in total. The maximum atomic E-state index is 15.3. The first kappa shape index (κ1) is 30.1. The molecule has 1 aromatic rings. The molecule has 9 atom stereocenters. The number of anilines is 1. The van der Waals surface area contributed by atoms with Gasteiger partial charge in [-0.25, -0.2) is 4.39 Å². The summed E-state index contributed by atoms with van der Waals surface area (Å²) in [4.78, 5) is 58.0. The highest BCUT2D eigenvalue weighted by Gasteiger charge is 2.65. The van der Waals surface area contributed by atoms with Gasteiger partial charge in [0.05, 0.1) is 11.5 Å². The fraction of sp³-hybridized carbons (Fsp3) is 0.667. The first-order valence-corrected chi connectivity index (χ1v) is 15.9. The van der Waals surface area contributed by atoms with Crippen molar-refractivity contribution in [1.29, 1.82) is 5.26 Å². The molecule has 4 amide bonds. The highest BCUT2D eigenvalue weighted by molar-refractivity contribution is 6.07. The Bertz CT molecular complexity index is 1520. The molecule has 3 aliphatic carbocycles. The van der Waals surface area contributed by atoms with E-state index in [1.54, 1.807) is 45.0 Å². The van der Waals surface area contributed by atoms with Crippen LogP contribution in [0.2, 0.25) is 0 Å². The monoisotopic (exact) mass is 625 g/mol. The molecule has 5 fully saturated rings. The number of hydrogen-bond acceptors (Lipinski definition) is 5. The Morgan fingerprint density at radius 3 is 2.49 bits per heavy atom. The van der Waals surface area contributed by atoms with Crippen LogP contribution in [0.1, 0.15) is 58.4 Å². The SMILES string of the molecule is CC(C)(C)C(NC(=O)C(F)(F)C1CC1)C(=O)N1CC2C3CC(F)C(C3)C2C1C(=O)N1CC2(CC1C#N)C(=O)Nc1ccccc12. The quantitative estimate of drug-likeness (QED) is 0.520. The maximum absolute atomic E-state index is 15.3. The van der Waals surface area contributed by atoms with Gasteiger partial charge in [-0.1, -0.05) is 39.0 Å². The summed E-state index contributed by atoms with van der Waals surface area (Å²) in [5, 5.41) is 15.4. The van der Waals surface area contributed by atoms with E-state index in [0.717, 1.165) is 0 Å². The van der Waals surface area contributed by atoms with Gasteiger partial charge in [0.25, 0.3) is 5.91 Å². The van der Waals surface area contributed by atoms with Gasteiger partial charge in [-0.2, -0.15) is 14.0 Å². The molecular formula is C33H38F3N5O4. The van der Waals surface area contributed by atoms with Crippen molar-refractivity contribution in [2.75, 3.05) is 18.4 Å². The number of carbonyl (C=O) groups excluding carboxylic acids is 4. The van der Waals surface area contributed by atoms with E-state index in [2.05, 4.69) is 16.7 Å². The van der Waals surface area contributed by atoms with Crippen molar-refractivity contribution < 1.29 is 32.3 Å². The van der Waals surface area contributed by atoms with Crippen LogP contribution in [0, 0.1) is 46.3 Å². The summed E-state index contributed by atoms with van der Waals surface area (Å²) in [5.74, 6) is -8.90. The number of amides is 4. The van der Waals surface area contributed by atoms with E-state index >= 15 is 4.39 Å². The summed E-state index contributed by atoms with van der Waals surface area (Å²) in [6, 6.07) is 5.83. The van der Waals surface area contributed by atoms with Gasteiger partial charge < -0.3 is 20.4 Å². The molecule has 9 nitrogen and oxygen atoms in total. The Morgan fingerprint density at radius 1 is 1.11 bits per heavy atom. The summed E-state index contributed by atoms with van der Waals surface area (Å²) in [6.07, 6.45) is 0.327. The van der Waals surface area contributed by atoms with Crippen LogP contribution >= 0.6 is 0 Å². The molecule has 2 saturated heterocycles. The van der Waals surface area contributed by atoms with Crippen molar-refractivity contribution in [3.63, 3.8) is 0 Å².